The van der Waals surface area contributed by atoms with E-state index in [1.807, 2.05) is 18.2 Å². The number of nitrogens with zero attached hydrogens (tertiary/aromatic N) is 1. The Bertz CT molecular complexity index is 557. The van der Waals surface area contributed by atoms with Crippen LogP contribution in [0.4, 0.5) is 10.1 Å². The molecule has 0 spiro atoms. The number of hydrogen-bond donors (Lipinski definition) is 1. The average molecular weight is 258 g/mol. The molecule has 0 bridgehead atoms. The summed E-state index contributed by atoms with van der Waals surface area (Å²) in [5.74, 6) is -0.567. The fourth-order valence-corrected chi connectivity index (χ4v) is 1.84. The summed E-state index contributed by atoms with van der Waals surface area (Å²) in [6, 6.07) is 15.5. The maximum Gasteiger partial charge on any atom is 0.241 e. The molecule has 0 heterocycles. The third-order valence-electron chi connectivity index (χ3n) is 2.83. The van der Waals surface area contributed by atoms with Crippen LogP contribution in [0, 0.1) is 5.82 Å². The first-order chi connectivity index (χ1) is 9.22. The molecule has 0 aliphatic rings. The van der Waals surface area contributed by atoms with Crippen molar-refractivity contribution < 1.29 is 9.18 Å². The van der Waals surface area contributed by atoms with Gasteiger partial charge in [-0.3, -0.25) is 4.79 Å². The first-order valence-corrected chi connectivity index (χ1v) is 6.01. The normalized spacial score (nSPS) is 10.2. The molecule has 3 nitrogen and oxygen atoms in total. The Morgan fingerprint density at radius 3 is 2.32 bits per heavy atom. The van der Waals surface area contributed by atoms with Gasteiger partial charge < -0.3 is 10.6 Å². The lowest BCUT2D eigenvalue weighted by molar-refractivity contribution is -0.117. The molecule has 1 amide bonds. The van der Waals surface area contributed by atoms with Gasteiger partial charge in [-0.25, -0.2) is 4.39 Å². The van der Waals surface area contributed by atoms with Crippen molar-refractivity contribution in [1.29, 1.82) is 0 Å². The molecule has 0 radical (unpaired) electrons. The van der Waals surface area contributed by atoms with Crippen LogP contribution in [0.1, 0.15) is 5.56 Å². The summed E-state index contributed by atoms with van der Waals surface area (Å²) in [5, 5.41) is 0. The number of anilines is 1. The number of carbonyl (C=O) groups excluding carboxylic acids is 1. The fourth-order valence-electron chi connectivity index (χ4n) is 1.84. The molecule has 98 valence electrons. The monoisotopic (exact) mass is 258 g/mol. The maximum atomic E-state index is 13.7. The first-order valence-electron chi connectivity index (χ1n) is 6.01. The number of nitrogens with two attached hydrogens (primary N) is 1. The third-order valence-corrected chi connectivity index (χ3v) is 2.83. The first kappa shape index (κ1) is 13.2. The van der Waals surface area contributed by atoms with Crippen molar-refractivity contribution in [3.63, 3.8) is 0 Å². The molecule has 4 heteroatoms. The van der Waals surface area contributed by atoms with Crippen LogP contribution in [0.2, 0.25) is 0 Å². The van der Waals surface area contributed by atoms with Gasteiger partial charge in [0.1, 0.15) is 5.82 Å². The van der Waals surface area contributed by atoms with E-state index in [2.05, 4.69) is 0 Å². The van der Waals surface area contributed by atoms with Crippen LogP contribution in [0.3, 0.4) is 0 Å². The molecule has 0 aromatic heterocycles. The van der Waals surface area contributed by atoms with Gasteiger partial charge in [-0.15, -0.1) is 0 Å². The lowest BCUT2D eigenvalue weighted by Crippen LogP contribution is -2.35. The standard InChI is InChI=1S/C15H15FN2O/c16-14-9-5-4-6-12(14)11-18(15(19)10-17)13-7-2-1-3-8-13/h1-9H,10-11,17H2. The maximum absolute atomic E-state index is 13.7. The molecule has 2 N–H and O–H groups in total. The lowest BCUT2D eigenvalue weighted by atomic mass is 10.2. The molecule has 0 aliphatic carbocycles. The Morgan fingerprint density at radius 2 is 1.68 bits per heavy atom. The zero-order valence-corrected chi connectivity index (χ0v) is 10.4. The van der Waals surface area contributed by atoms with E-state index in [1.54, 1.807) is 30.3 Å². The van der Waals surface area contributed by atoms with Crippen LogP contribution < -0.4 is 10.6 Å². The predicted octanol–water partition coefficient (Wildman–Crippen LogP) is 2.32. The molecule has 19 heavy (non-hydrogen) atoms. The minimum atomic E-state index is -0.326. The molecular weight excluding hydrogens is 243 g/mol. The largest absolute Gasteiger partial charge is 0.322 e. The van der Waals surface area contributed by atoms with Crippen molar-refractivity contribution in [2.45, 2.75) is 6.54 Å². The summed E-state index contributed by atoms with van der Waals surface area (Å²) in [6.45, 7) is 0.0655. The number of amides is 1. The molecule has 2 aromatic carbocycles. The molecule has 2 rings (SSSR count). The molecule has 2 aromatic rings. The summed E-state index contributed by atoms with van der Waals surface area (Å²) in [5.41, 5.74) is 6.59. The summed E-state index contributed by atoms with van der Waals surface area (Å²) >= 11 is 0. The SMILES string of the molecule is NCC(=O)N(Cc1ccccc1F)c1ccccc1. The topological polar surface area (TPSA) is 46.3 Å². The van der Waals surface area contributed by atoms with E-state index in [4.69, 9.17) is 5.73 Å². The summed E-state index contributed by atoms with van der Waals surface area (Å²) in [4.78, 5) is 13.4. The van der Waals surface area contributed by atoms with Crippen LogP contribution in [0.5, 0.6) is 0 Å². The Morgan fingerprint density at radius 1 is 1.05 bits per heavy atom. The van der Waals surface area contributed by atoms with Crippen molar-refractivity contribution in [2.75, 3.05) is 11.4 Å². The minimum Gasteiger partial charge on any atom is -0.322 e. The molecule has 0 aliphatic heterocycles. The number of halogens is 1. The molecular formula is C15H15FN2O. The fraction of sp³-hybridized carbons (Fsp3) is 0.133. The van der Waals surface area contributed by atoms with Crippen LogP contribution in [0.15, 0.2) is 54.6 Å². The number of rotatable bonds is 4. The van der Waals surface area contributed by atoms with Gasteiger partial charge in [0.2, 0.25) is 5.91 Å². The molecule has 0 atom stereocenters. The average Bonchev–Trinajstić information content (AvgIpc) is 2.46. The van der Waals surface area contributed by atoms with Crippen molar-refractivity contribution >= 4 is 11.6 Å². The van der Waals surface area contributed by atoms with E-state index < -0.39 is 0 Å². The smallest absolute Gasteiger partial charge is 0.241 e. The minimum absolute atomic E-state index is 0.108. The van der Waals surface area contributed by atoms with E-state index in [0.29, 0.717) is 11.3 Å². The third kappa shape index (κ3) is 3.17. The van der Waals surface area contributed by atoms with E-state index in [1.165, 1.54) is 11.0 Å². The van der Waals surface area contributed by atoms with Gasteiger partial charge in [-0.05, 0) is 18.2 Å². The molecule has 0 saturated carbocycles. The number of hydrogen-bond acceptors (Lipinski definition) is 2. The highest BCUT2D eigenvalue weighted by Crippen LogP contribution is 2.18. The van der Waals surface area contributed by atoms with Gasteiger partial charge in [-0.1, -0.05) is 36.4 Å². The summed E-state index contributed by atoms with van der Waals surface area (Å²) < 4.78 is 13.7. The van der Waals surface area contributed by atoms with Crippen LogP contribution in [-0.2, 0) is 11.3 Å². The van der Waals surface area contributed by atoms with Crippen molar-refractivity contribution in [3.05, 3.63) is 66.0 Å². The van der Waals surface area contributed by atoms with Crippen molar-refractivity contribution in [1.82, 2.24) is 0 Å². The summed E-state index contributed by atoms with van der Waals surface area (Å²) in [7, 11) is 0. The Hall–Kier alpha value is -2.20. The quantitative estimate of drug-likeness (QED) is 0.914. The zero-order chi connectivity index (χ0) is 13.7. The van der Waals surface area contributed by atoms with Crippen molar-refractivity contribution in [3.8, 4) is 0 Å². The van der Waals surface area contributed by atoms with E-state index >= 15 is 0 Å². The van der Waals surface area contributed by atoms with Gasteiger partial charge >= 0.3 is 0 Å². The molecule has 0 fully saturated rings. The highest BCUT2D eigenvalue weighted by molar-refractivity contribution is 5.94. The second kappa shape index (κ2) is 6.11. The van der Waals surface area contributed by atoms with Gasteiger partial charge in [0.15, 0.2) is 0 Å². The molecule has 0 unspecified atom stereocenters. The van der Waals surface area contributed by atoms with E-state index in [9.17, 15) is 9.18 Å². The van der Waals surface area contributed by atoms with E-state index in [-0.39, 0.29) is 24.8 Å². The highest BCUT2D eigenvalue weighted by Gasteiger charge is 2.15. The van der Waals surface area contributed by atoms with Crippen LogP contribution >= 0.6 is 0 Å². The number of para-hydroxylation sites is 1. The van der Waals surface area contributed by atoms with Gasteiger partial charge in [0.05, 0.1) is 13.1 Å². The lowest BCUT2D eigenvalue weighted by Gasteiger charge is -2.22. The van der Waals surface area contributed by atoms with Crippen LogP contribution in [0.25, 0.3) is 0 Å². The second-order valence-corrected chi connectivity index (χ2v) is 4.11. The zero-order valence-electron chi connectivity index (χ0n) is 10.4. The van der Waals surface area contributed by atoms with Crippen molar-refractivity contribution in [2.24, 2.45) is 5.73 Å². The van der Waals surface area contributed by atoms with Gasteiger partial charge in [0, 0.05) is 11.3 Å². The molecule has 0 saturated heterocycles. The van der Waals surface area contributed by atoms with Crippen LogP contribution in [-0.4, -0.2) is 12.5 Å². The number of benzene rings is 2. The Kier molecular flexibility index (Phi) is 4.26. The predicted molar refractivity (Wildman–Crippen MR) is 73.1 cm³/mol. The highest BCUT2D eigenvalue weighted by atomic mass is 19.1. The second-order valence-electron chi connectivity index (χ2n) is 4.11. The number of carbonyl (C=O) groups is 1. The summed E-state index contributed by atoms with van der Waals surface area (Å²) in [6.07, 6.45) is 0. The van der Waals surface area contributed by atoms with E-state index in [0.717, 1.165) is 0 Å². The Balaban J connectivity index is 2.30. The van der Waals surface area contributed by atoms with Gasteiger partial charge in [-0.2, -0.15) is 0 Å². The van der Waals surface area contributed by atoms with Gasteiger partial charge in [0.25, 0.3) is 0 Å². The Labute approximate surface area is 111 Å².